The third kappa shape index (κ3) is 3.48. The molecule has 20 heavy (non-hydrogen) atoms. The Morgan fingerprint density at radius 1 is 1.50 bits per heavy atom. The van der Waals surface area contributed by atoms with Crippen molar-refractivity contribution in [1.29, 1.82) is 0 Å². The van der Waals surface area contributed by atoms with Gasteiger partial charge in [-0.25, -0.2) is 4.79 Å². The molecule has 0 bridgehead atoms. The zero-order valence-electron chi connectivity index (χ0n) is 11.9. The molecule has 0 unspecified atom stereocenters. The molecule has 0 spiro atoms. The summed E-state index contributed by atoms with van der Waals surface area (Å²) in [5.41, 5.74) is 7.29. The molecule has 6 heteroatoms. The van der Waals surface area contributed by atoms with Crippen molar-refractivity contribution in [3.63, 3.8) is 0 Å². The van der Waals surface area contributed by atoms with Crippen LogP contribution in [-0.2, 0) is 4.74 Å². The van der Waals surface area contributed by atoms with Gasteiger partial charge in [-0.2, -0.15) is 0 Å². The second-order valence-corrected chi connectivity index (χ2v) is 5.62. The first-order valence-corrected chi connectivity index (χ1v) is 6.51. The maximum atomic E-state index is 11.6. The number of H-pyrrole nitrogens is 1. The first kappa shape index (κ1) is 14.3. The summed E-state index contributed by atoms with van der Waals surface area (Å²) >= 11 is 0. The summed E-state index contributed by atoms with van der Waals surface area (Å²) in [6.45, 7) is 5.71. The lowest BCUT2D eigenvalue weighted by molar-refractivity contribution is 0.0524. The molecule has 2 rings (SSSR count). The number of carbonyl (C=O) groups is 1. The number of nitrogens with zero attached hydrogens (tertiary/aromatic N) is 1. The summed E-state index contributed by atoms with van der Waals surface area (Å²) in [4.78, 5) is 19.0. The first-order chi connectivity index (χ1) is 9.37. The molecule has 6 nitrogen and oxygen atoms in total. The first-order valence-electron chi connectivity index (χ1n) is 6.51. The summed E-state index contributed by atoms with van der Waals surface area (Å²) in [7, 11) is 0. The molecule has 0 fully saturated rings. The lowest BCUT2D eigenvalue weighted by atomic mass is 10.1. The lowest BCUT2D eigenvalue weighted by Gasteiger charge is -2.20. The summed E-state index contributed by atoms with van der Waals surface area (Å²) < 4.78 is 5.16. The Hall–Kier alpha value is -2.08. The van der Waals surface area contributed by atoms with E-state index < -0.39 is 11.7 Å². The van der Waals surface area contributed by atoms with Crippen molar-refractivity contribution >= 4 is 17.0 Å². The maximum Gasteiger partial charge on any atom is 0.407 e. The van der Waals surface area contributed by atoms with E-state index >= 15 is 0 Å². The molecule has 108 valence electrons. The third-order valence-corrected chi connectivity index (χ3v) is 2.73. The number of aromatic amines is 1. The Morgan fingerprint density at radius 2 is 2.25 bits per heavy atom. The summed E-state index contributed by atoms with van der Waals surface area (Å²) in [5.74, 6) is 0. The zero-order chi connectivity index (χ0) is 14.8. The van der Waals surface area contributed by atoms with E-state index in [0.717, 1.165) is 16.6 Å². The Balaban J connectivity index is 2.00. The molecule has 0 saturated carbocycles. The Bertz CT molecular complexity index is 600. The molecule has 1 amide bonds. The van der Waals surface area contributed by atoms with Gasteiger partial charge in [0.25, 0.3) is 0 Å². The van der Waals surface area contributed by atoms with Crippen molar-refractivity contribution in [2.24, 2.45) is 5.73 Å². The fourth-order valence-corrected chi connectivity index (χ4v) is 1.90. The number of ether oxygens (including phenoxy) is 1. The monoisotopic (exact) mass is 276 g/mol. The van der Waals surface area contributed by atoms with Crippen LogP contribution in [0.3, 0.4) is 0 Å². The number of amides is 1. The molecule has 2 heterocycles. The van der Waals surface area contributed by atoms with Crippen LogP contribution in [-0.4, -0.2) is 28.2 Å². The lowest BCUT2D eigenvalue weighted by Crippen LogP contribution is -2.36. The molecule has 2 aromatic heterocycles. The maximum absolute atomic E-state index is 11.6. The highest BCUT2D eigenvalue weighted by molar-refractivity contribution is 5.81. The van der Waals surface area contributed by atoms with Gasteiger partial charge in [0.15, 0.2) is 0 Å². The highest BCUT2D eigenvalue weighted by Gasteiger charge is 2.18. The smallest absolute Gasteiger partial charge is 0.407 e. The predicted octanol–water partition coefficient (Wildman–Crippen LogP) is 2.09. The van der Waals surface area contributed by atoms with Crippen molar-refractivity contribution < 1.29 is 9.53 Å². The largest absolute Gasteiger partial charge is 0.444 e. The fourth-order valence-electron chi connectivity index (χ4n) is 1.90. The van der Waals surface area contributed by atoms with Crippen molar-refractivity contribution in [3.8, 4) is 0 Å². The SMILES string of the molecule is CC(C)(C)OC(=O)NC[C@@H](N)c1nccc2[nH]ccc12. The molecule has 0 aliphatic rings. The van der Waals surface area contributed by atoms with Gasteiger partial charge < -0.3 is 20.8 Å². The van der Waals surface area contributed by atoms with Gasteiger partial charge in [-0.05, 0) is 32.9 Å². The number of fused-ring (bicyclic) bond motifs is 1. The van der Waals surface area contributed by atoms with E-state index in [-0.39, 0.29) is 12.6 Å². The zero-order valence-corrected chi connectivity index (χ0v) is 11.9. The number of alkyl carbamates (subject to hydrolysis) is 1. The number of hydrogen-bond donors (Lipinski definition) is 3. The second-order valence-electron chi connectivity index (χ2n) is 5.62. The average molecular weight is 276 g/mol. The van der Waals surface area contributed by atoms with Crippen LogP contribution in [0.5, 0.6) is 0 Å². The second kappa shape index (κ2) is 5.50. The van der Waals surface area contributed by atoms with Crippen molar-refractivity contribution in [1.82, 2.24) is 15.3 Å². The van der Waals surface area contributed by atoms with Gasteiger partial charge in [-0.3, -0.25) is 4.98 Å². The minimum Gasteiger partial charge on any atom is -0.444 e. The molecule has 0 aliphatic heterocycles. The van der Waals surface area contributed by atoms with E-state index in [1.165, 1.54) is 0 Å². The van der Waals surface area contributed by atoms with Crippen LogP contribution < -0.4 is 11.1 Å². The molecular weight excluding hydrogens is 256 g/mol. The number of pyridine rings is 1. The van der Waals surface area contributed by atoms with Gasteiger partial charge in [0.1, 0.15) is 5.60 Å². The minimum atomic E-state index is -0.521. The van der Waals surface area contributed by atoms with E-state index in [0.29, 0.717) is 0 Å². The number of aromatic nitrogens is 2. The van der Waals surface area contributed by atoms with Crippen molar-refractivity contribution in [3.05, 3.63) is 30.2 Å². The molecule has 2 aromatic rings. The van der Waals surface area contributed by atoms with Crippen LogP contribution in [0.1, 0.15) is 32.5 Å². The van der Waals surface area contributed by atoms with Crippen LogP contribution >= 0.6 is 0 Å². The molecule has 0 radical (unpaired) electrons. The molecule has 0 aliphatic carbocycles. The van der Waals surface area contributed by atoms with Crippen LogP contribution in [0, 0.1) is 0 Å². The van der Waals surface area contributed by atoms with E-state index in [9.17, 15) is 4.79 Å². The topological polar surface area (TPSA) is 93.0 Å². The Labute approximate surface area is 117 Å². The highest BCUT2D eigenvalue weighted by Crippen LogP contribution is 2.19. The summed E-state index contributed by atoms with van der Waals surface area (Å²) in [5, 5.41) is 3.62. The summed E-state index contributed by atoms with van der Waals surface area (Å²) in [6, 6.07) is 3.42. The van der Waals surface area contributed by atoms with Crippen LogP contribution in [0.2, 0.25) is 0 Å². The number of carbonyl (C=O) groups excluding carboxylic acids is 1. The van der Waals surface area contributed by atoms with Gasteiger partial charge in [0.2, 0.25) is 0 Å². The molecule has 1 atom stereocenters. The van der Waals surface area contributed by atoms with Crippen LogP contribution in [0.4, 0.5) is 4.79 Å². The van der Waals surface area contributed by atoms with Crippen LogP contribution in [0.25, 0.3) is 10.9 Å². The summed E-state index contributed by atoms with van der Waals surface area (Å²) in [6.07, 6.45) is 3.06. The number of nitrogens with two attached hydrogens (primary N) is 1. The number of rotatable bonds is 3. The van der Waals surface area contributed by atoms with E-state index in [2.05, 4.69) is 15.3 Å². The molecule has 0 saturated heterocycles. The fraction of sp³-hybridized carbons (Fsp3) is 0.429. The van der Waals surface area contributed by atoms with E-state index in [4.69, 9.17) is 10.5 Å². The molecular formula is C14H20N4O2. The highest BCUT2D eigenvalue weighted by atomic mass is 16.6. The van der Waals surface area contributed by atoms with E-state index in [1.807, 2.05) is 39.1 Å². The van der Waals surface area contributed by atoms with Gasteiger partial charge in [0.05, 0.1) is 11.7 Å². The van der Waals surface area contributed by atoms with Crippen molar-refractivity contribution in [2.45, 2.75) is 32.4 Å². The van der Waals surface area contributed by atoms with Gasteiger partial charge in [-0.1, -0.05) is 0 Å². The third-order valence-electron chi connectivity index (χ3n) is 2.73. The molecule has 4 N–H and O–H groups in total. The normalized spacial score (nSPS) is 13.2. The predicted molar refractivity (Wildman–Crippen MR) is 77.3 cm³/mol. The Kier molecular flexibility index (Phi) is 3.94. The Morgan fingerprint density at radius 3 is 2.95 bits per heavy atom. The minimum absolute atomic E-state index is 0.270. The van der Waals surface area contributed by atoms with E-state index in [1.54, 1.807) is 6.20 Å². The average Bonchev–Trinajstić information content (AvgIpc) is 2.81. The van der Waals surface area contributed by atoms with Gasteiger partial charge >= 0.3 is 6.09 Å². The number of nitrogens with one attached hydrogen (secondary N) is 2. The van der Waals surface area contributed by atoms with Crippen LogP contribution in [0.15, 0.2) is 24.5 Å². The van der Waals surface area contributed by atoms with Crippen molar-refractivity contribution in [2.75, 3.05) is 6.54 Å². The standard InChI is InChI=1S/C14H20N4O2/c1-14(2,3)20-13(19)18-8-10(15)12-9-4-6-16-11(9)5-7-17-12/h4-7,10,16H,8,15H2,1-3H3,(H,18,19)/t10-/m1/s1. The van der Waals surface area contributed by atoms with Gasteiger partial charge in [-0.15, -0.1) is 0 Å². The quantitative estimate of drug-likeness (QED) is 0.800. The molecule has 0 aromatic carbocycles. The number of hydrogen-bond acceptors (Lipinski definition) is 4. The van der Waals surface area contributed by atoms with Gasteiger partial charge in [0, 0.05) is 29.8 Å².